The summed E-state index contributed by atoms with van der Waals surface area (Å²) in [7, 11) is 1.32. The summed E-state index contributed by atoms with van der Waals surface area (Å²) in [4.78, 5) is 22.3. The van der Waals surface area contributed by atoms with Gasteiger partial charge in [0.1, 0.15) is 0 Å². The first-order valence-electron chi connectivity index (χ1n) is 6.17. The fraction of sp³-hybridized carbons (Fsp3) is 0.200. The second-order valence-electron chi connectivity index (χ2n) is 4.36. The van der Waals surface area contributed by atoms with Crippen molar-refractivity contribution < 1.29 is 19.4 Å². The normalized spacial score (nSPS) is 10.2. The lowest BCUT2D eigenvalue weighted by atomic mass is 10.0. The van der Waals surface area contributed by atoms with Gasteiger partial charge >= 0.3 is 11.9 Å². The lowest BCUT2D eigenvalue weighted by Crippen LogP contribution is -2.05. The second kappa shape index (κ2) is 6.06. The number of rotatable bonds is 5. The lowest BCUT2D eigenvalue weighted by molar-refractivity contribution is -0.136. The zero-order valence-electron chi connectivity index (χ0n) is 11.1. The van der Waals surface area contributed by atoms with Crippen molar-refractivity contribution in [2.45, 2.75) is 12.8 Å². The molecule has 1 aromatic heterocycles. The number of hydrogen-bond acceptors (Lipinski definition) is 3. The first-order valence-corrected chi connectivity index (χ1v) is 6.17. The van der Waals surface area contributed by atoms with Crippen LogP contribution in [0.2, 0.25) is 0 Å². The Hall–Kier alpha value is -2.56. The number of esters is 1. The average Bonchev–Trinajstić information content (AvgIpc) is 2.98. The number of benzene rings is 1. The number of aryl methyl sites for hydroxylation is 1. The highest BCUT2D eigenvalue weighted by Crippen LogP contribution is 2.17. The molecule has 0 bridgehead atoms. The molecule has 0 saturated carbocycles. The zero-order valence-corrected chi connectivity index (χ0v) is 11.1. The van der Waals surface area contributed by atoms with Crippen LogP contribution in [0.3, 0.4) is 0 Å². The van der Waals surface area contributed by atoms with E-state index in [2.05, 4.69) is 0 Å². The van der Waals surface area contributed by atoms with E-state index in [1.807, 2.05) is 35.2 Å². The van der Waals surface area contributed by atoms with Crippen molar-refractivity contribution in [2.75, 3.05) is 7.11 Å². The summed E-state index contributed by atoms with van der Waals surface area (Å²) in [5.74, 6) is -1.30. The van der Waals surface area contributed by atoms with Gasteiger partial charge in [-0.15, -0.1) is 0 Å². The summed E-state index contributed by atoms with van der Waals surface area (Å²) in [6, 6.07) is 9.01. The van der Waals surface area contributed by atoms with Crippen LogP contribution < -0.4 is 0 Å². The number of nitrogens with zero attached hydrogens (tertiary/aromatic N) is 1. The maximum absolute atomic E-state index is 11.7. The molecule has 0 aliphatic carbocycles. The van der Waals surface area contributed by atoms with Gasteiger partial charge in [-0.05, 0) is 42.3 Å². The van der Waals surface area contributed by atoms with Gasteiger partial charge in [-0.3, -0.25) is 4.79 Å². The molecule has 2 aromatic rings. The maximum Gasteiger partial charge on any atom is 0.337 e. The molecule has 5 heteroatoms. The molecule has 0 saturated heterocycles. The standard InChI is InChI=1S/C15H15NO4/c1-20-15(19)12-8-11(4-5-14(17)18)9-13(10-12)16-6-2-3-7-16/h2-3,6-10H,4-5H2,1H3,(H,17,18). The Balaban J connectivity index is 2.38. The SMILES string of the molecule is COC(=O)c1cc(CCC(=O)O)cc(-n2cccc2)c1. The number of carbonyl (C=O) groups is 2. The van der Waals surface area contributed by atoms with Crippen molar-refractivity contribution in [1.29, 1.82) is 0 Å². The predicted molar refractivity (Wildman–Crippen MR) is 73.1 cm³/mol. The smallest absolute Gasteiger partial charge is 0.337 e. The van der Waals surface area contributed by atoms with Crippen molar-refractivity contribution in [3.05, 3.63) is 53.9 Å². The summed E-state index contributed by atoms with van der Waals surface area (Å²) in [6.07, 6.45) is 4.11. The summed E-state index contributed by atoms with van der Waals surface area (Å²) < 4.78 is 6.58. The molecule has 104 valence electrons. The molecule has 0 fully saturated rings. The van der Waals surface area contributed by atoms with Gasteiger partial charge in [0.15, 0.2) is 0 Å². The summed E-state index contributed by atoms with van der Waals surface area (Å²) >= 11 is 0. The second-order valence-corrected chi connectivity index (χ2v) is 4.36. The number of aromatic nitrogens is 1. The third-order valence-electron chi connectivity index (χ3n) is 2.93. The van der Waals surface area contributed by atoms with Crippen molar-refractivity contribution in [2.24, 2.45) is 0 Å². The summed E-state index contributed by atoms with van der Waals surface area (Å²) in [5, 5.41) is 8.76. The van der Waals surface area contributed by atoms with Crippen LogP contribution in [0.4, 0.5) is 0 Å². The summed E-state index contributed by atoms with van der Waals surface area (Å²) in [5.41, 5.74) is 2.01. The minimum atomic E-state index is -0.865. The molecule has 20 heavy (non-hydrogen) atoms. The monoisotopic (exact) mass is 273 g/mol. The first-order chi connectivity index (χ1) is 9.60. The minimum absolute atomic E-state index is 0.0236. The number of aliphatic carboxylic acids is 1. The van der Waals surface area contributed by atoms with Crippen molar-refractivity contribution in [1.82, 2.24) is 4.57 Å². The van der Waals surface area contributed by atoms with Crippen molar-refractivity contribution >= 4 is 11.9 Å². The molecular formula is C15H15NO4. The van der Waals surface area contributed by atoms with Crippen LogP contribution in [-0.2, 0) is 16.0 Å². The Bertz CT molecular complexity index is 617. The van der Waals surface area contributed by atoms with E-state index >= 15 is 0 Å². The number of methoxy groups -OCH3 is 1. The molecule has 1 aromatic carbocycles. The fourth-order valence-corrected chi connectivity index (χ4v) is 1.96. The highest BCUT2D eigenvalue weighted by molar-refractivity contribution is 5.90. The molecule has 0 aliphatic rings. The van der Waals surface area contributed by atoms with E-state index in [4.69, 9.17) is 9.84 Å². The van der Waals surface area contributed by atoms with Gasteiger partial charge < -0.3 is 14.4 Å². The molecule has 0 aliphatic heterocycles. The van der Waals surface area contributed by atoms with Crippen LogP contribution in [0.1, 0.15) is 22.3 Å². The zero-order chi connectivity index (χ0) is 14.5. The number of hydrogen-bond donors (Lipinski definition) is 1. The van der Waals surface area contributed by atoms with Crippen molar-refractivity contribution in [3.8, 4) is 5.69 Å². The van der Waals surface area contributed by atoms with Crippen molar-refractivity contribution in [3.63, 3.8) is 0 Å². The summed E-state index contributed by atoms with van der Waals surface area (Å²) in [6.45, 7) is 0. The van der Waals surface area contributed by atoms with Gasteiger partial charge in [0, 0.05) is 24.5 Å². The topological polar surface area (TPSA) is 68.5 Å². The number of carboxylic acids is 1. The van der Waals surface area contributed by atoms with Crippen LogP contribution in [0.5, 0.6) is 0 Å². The van der Waals surface area contributed by atoms with E-state index in [9.17, 15) is 9.59 Å². The lowest BCUT2D eigenvalue weighted by Gasteiger charge is -2.09. The number of ether oxygens (including phenoxy) is 1. The van der Waals surface area contributed by atoms with Gasteiger partial charge in [-0.1, -0.05) is 0 Å². The van der Waals surface area contributed by atoms with Gasteiger partial charge in [0.25, 0.3) is 0 Å². The largest absolute Gasteiger partial charge is 0.481 e. The van der Waals surface area contributed by atoms with Crippen LogP contribution in [0, 0.1) is 0 Å². The molecule has 0 spiro atoms. The van der Waals surface area contributed by atoms with Crippen LogP contribution in [-0.4, -0.2) is 28.7 Å². The molecule has 5 nitrogen and oxygen atoms in total. The minimum Gasteiger partial charge on any atom is -0.481 e. The van der Waals surface area contributed by atoms with E-state index in [-0.39, 0.29) is 6.42 Å². The molecule has 0 amide bonds. The third-order valence-corrected chi connectivity index (χ3v) is 2.93. The predicted octanol–water partition coefficient (Wildman–Crippen LogP) is 2.28. The Morgan fingerprint density at radius 1 is 1.20 bits per heavy atom. The highest BCUT2D eigenvalue weighted by Gasteiger charge is 2.10. The van der Waals surface area contributed by atoms with Gasteiger partial charge in [-0.2, -0.15) is 0 Å². The van der Waals surface area contributed by atoms with E-state index in [1.165, 1.54) is 7.11 Å². The van der Waals surface area contributed by atoms with E-state index < -0.39 is 11.9 Å². The maximum atomic E-state index is 11.7. The van der Waals surface area contributed by atoms with E-state index in [0.29, 0.717) is 12.0 Å². The molecular weight excluding hydrogens is 258 g/mol. The molecule has 2 rings (SSSR count). The number of carbonyl (C=O) groups excluding carboxylic acids is 1. The highest BCUT2D eigenvalue weighted by atomic mass is 16.5. The Morgan fingerprint density at radius 2 is 1.90 bits per heavy atom. The van der Waals surface area contributed by atoms with Crippen LogP contribution >= 0.6 is 0 Å². The van der Waals surface area contributed by atoms with E-state index in [0.717, 1.165) is 11.3 Å². The van der Waals surface area contributed by atoms with E-state index in [1.54, 1.807) is 12.1 Å². The Morgan fingerprint density at radius 3 is 2.50 bits per heavy atom. The number of carboxylic acid groups (broad SMARTS) is 1. The van der Waals surface area contributed by atoms with Crippen LogP contribution in [0.15, 0.2) is 42.7 Å². The third kappa shape index (κ3) is 3.26. The molecule has 1 heterocycles. The van der Waals surface area contributed by atoms with Crippen LogP contribution in [0.25, 0.3) is 5.69 Å². The molecule has 0 unspecified atom stereocenters. The fourth-order valence-electron chi connectivity index (χ4n) is 1.96. The molecule has 0 atom stereocenters. The average molecular weight is 273 g/mol. The Kier molecular flexibility index (Phi) is 4.20. The van der Waals surface area contributed by atoms with Gasteiger partial charge in [0.2, 0.25) is 0 Å². The van der Waals surface area contributed by atoms with Gasteiger partial charge in [0.05, 0.1) is 12.7 Å². The quantitative estimate of drug-likeness (QED) is 0.848. The first kappa shape index (κ1) is 13.9. The molecule has 0 radical (unpaired) electrons. The molecule has 1 N–H and O–H groups in total. The van der Waals surface area contributed by atoms with Gasteiger partial charge in [-0.25, -0.2) is 4.79 Å². The Labute approximate surface area is 116 Å².